The summed E-state index contributed by atoms with van der Waals surface area (Å²) in [5.41, 5.74) is 1.72. The Labute approximate surface area is 149 Å². The van der Waals surface area contributed by atoms with Gasteiger partial charge in [0, 0.05) is 28.4 Å². The molecule has 0 fully saturated rings. The number of nitrogens with zero attached hydrogens (tertiary/aromatic N) is 3. The lowest BCUT2D eigenvalue weighted by atomic mass is 10.2. The van der Waals surface area contributed by atoms with Crippen LogP contribution in [0, 0.1) is 0 Å². The molecule has 23 heavy (non-hydrogen) atoms. The second-order valence-electron chi connectivity index (χ2n) is 4.95. The molecule has 5 nitrogen and oxygen atoms in total. The number of halogens is 2. The summed E-state index contributed by atoms with van der Waals surface area (Å²) in [7, 11) is 1.91. The van der Waals surface area contributed by atoms with Crippen LogP contribution in [0.4, 0.5) is 0 Å². The highest BCUT2D eigenvalue weighted by molar-refractivity contribution is 7.13. The molecular formula is C15H16Cl2N4OS. The van der Waals surface area contributed by atoms with Crippen molar-refractivity contribution in [2.75, 3.05) is 7.05 Å². The zero-order valence-corrected chi connectivity index (χ0v) is 15.0. The molecule has 8 heteroatoms. The first-order valence-electron chi connectivity index (χ1n) is 6.87. The van der Waals surface area contributed by atoms with Gasteiger partial charge in [-0.1, -0.05) is 28.9 Å². The quantitative estimate of drug-likeness (QED) is 0.732. The van der Waals surface area contributed by atoms with Crippen LogP contribution in [0.25, 0.3) is 22.2 Å². The minimum atomic E-state index is 0. The van der Waals surface area contributed by atoms with Crippen LogP contribution in [0.3, 0.4) is 0 Å². The molecular weight excluding hydrogens is 355 g/mol. The van der Waals surface area contributed by atoms with Crippen LogP contribution in [-0.4, -0.2) is 28.2 Å². The van der Waals surface area contributed by atoms with Crippen LogP contribution in [0.1, 0.15) is 12.7 Å². The maximum Gasteiger partial charge on any atom is 0.277 e. The van der Waals surface area contributed by atoms with Gasteiger partial charge in [0.15, 0.2) is 5.82 Å². The molecule has 0 saturated carbocycles. The highest BCUT2D eigenvalue weighted by Crippen LogP contribution is 2.28. The van der Waals surface area contributed by atoms with Crippen LogP contribution in [0.15, 0.2) is 34.2 Å². The lowest BCUT2D eigenvalue weighted by Crippen LogP contribution is -2.24. The summed E-state index contributed by atoms with van der Waals surface area (Å²) in [6.45, 7) is 2.07. The van der Waals surface area contributed by atoms with Gasteiger partial charge in [0.05, 0.1) is 0 Å². The monoisotopic (exact) mass is 370 g/mol. The first kappa shape index (κ1) is 17.9. The average Bonchev–Trinajstić information content (AvgIpc) is 3.17. The van der Waals surface area contributed by atoms with E-state index in [0.717, 1.165) is 10.6 Å². The number of benzene rings is 1. The average molecular weight is 371 g/mol. The minimum absolute atomic E-state index is 0. The van der Waals surface area contributed by atoms with Crippen LogP contribution >= 0.6 is 35.3 Å². The van der Waals surface area contributed by atoms with E-state index in [9.17, 15) is 0 Å². The Morgan fingerprint density at radius 2 is 2.00 bits per heavy atom. The molecule has 0 aliphatic heterocycles. The summed E-state index contributed by atoms with van der Waals surface area (Å²) in [5.74, 6) is 1.13. The van der Waals surface area contributed by atoms with Crippen molar-refractivity contribution in [2.24, 2.45) is 0 Å². The van der Waals surface area contributed by atoms with E-state index in [1.54, 1.807) is 0 Å². The minimum Gasteiger partial charge on any atom is -0.332 e. The van der Waals surface area contributed by atoms with Crippen molar-refractivity contribution in [3.63, 3.8) is 0 Å². The highest BCUT2D eigenvalue weighted by atomic mass is 35.5. The molecule has 0 aliphatic carbocycles. The zero-order chi connectivity index (χ0) is 15.5. The van der Waals surface area contributed by atoms with Crippen molar-refractivity contribution in [2.45, 2.75) is 19.4 Å². The zero-order valence-electron chi connectivity index (χ0n) is 12.6. The number of aromatic nitrogens is 3. The van der Waals surface area contributed by atoms with Crippen molar-refractivity contribution in [3.8, 4) is 22.2 Å². The predicted molar refractivity (Wildman–Crippen MR) is 95.3 cm³/mol. The van der Waals surface area contributed by atoms with Gasteiger partial charge >= 0.3 is 0 Å². The fourth-order valence-electron chi connectivity index (χ4n) is 1.91. The molecule has 2 aromatic heterocycles. The summed E-state index contributed by atoms with van der Waals surface area (Å²) in [4.78, 5) is 8.95. The molecule has 2 heterocycles. The second kappa shape index (κ2) is 7.88. The van der Waals surface area contributed by atoms with Crippen LogP contribution in [0.2, 0.25) is 5.02 Å². The topological polar surface area (TPSA) is 63.8 Å². The Balaban J connectivity index is 0.00000192. The Morgan fingerprint density at radius 1 is 1.26 bits per heavy atom. The van der Waals surface area contributed by atoms with Gasteiger partial charge in [-0.25, -0.2) is 4.98 Å². The van der Waals surface area contributed by atoms with Crippen LogP contribution < -0.4 is 5.32 Å². The molecule has 1 unspecified atom stereocenters. The van der Waals surface area contributed by atoms with E-state index in [1.165, 1.54) is 11.3 Å². The molecule has 0 saturated heterocycles. The standard InChI is InChI=1S/C15H15ClN4OS.ClH/c1-9(17-2)7-13-19-14(21-20-13)12-8-22-15(18-12)10-3-5-11(16)6-4-10;/h3-6,8-9,17H,7H2,1-2H3;1H. The van der Waals surface area contributed by atoms with Crippen molar-refractivity contribution in [3.05, 3.63) is 40.5 Å². The third-order valence-electron chi connectivity index (χ3n) is 3.26. The normalized spacial score (nSPS) is 12.0. The molecule has 122 valence electrons. The Bertz CT molecular complexity index is 757. The smallest absolute Gasteiger partial charge is 0.277 e. The third kappa shape index (κ3) is 4.29. The Hall–Kier alpha value is -1.47. The summed E-state index contributed by atoms with van der Waals surface area (Å²) in [5, 5.41) is 10.7. The molecule has 3 aromatic rings. The molecule has 1 atom stereocenters. The summed E-state index contributed by atoms with van der Waals surface area (Å²) < 4.78 is 5.30. The van der Waals surface area contributed by atoms with Crippen LogP contribution in [-0.2, 0) is 6.42 Å². The fourth-order valence-corrected chi connectivity index (χ4v) is 2.84. The maximum atomic E-state index is 5.90. The second-order valence-corrected chi connectivity index (χ2v) is 6.25. The lowest BCUT2D eigenvalue weighted by molar-refractivity contribution is 0.417. The van der Waals surface area contributed by atoms with Crippen LogP contribution in [0.5, 0.6) is 0 Å². The summed E-state index contributed by atoms with van der Waals surface area (Å²) in [6.07, 6.45) is 0.716. The van der Waals surface area contributed by atoms with E-state index in [-0.39, 0.29) is 12.4 Å². The lowest BCUT2D eigenvalue weighted by Gasteiger charge is -2.04. The van der Waals surface area contributed by atoms with E-state index in [0.29, 0.717) is 34.9 Å². The molecule has 0 amide bonds. The van der Waals surface area contributed by atoms with E-state index in [1.807, 2.05) is 36.7 Å². The van der Waals surface area contributed by atoms with E-state index in [2.05, 4.69) is 27.4 Å². The number of thiazole rings is 1. The molecule has 3 rings (SSSR count). The van der Waals surface area contributed by atoms with Gasteiger partial charge in [-0.2, -0.15) is 4.98 Å². The Morgan fingerprint density at radius 3 is 2.70 bits per heavy atom. The van der Waals surface area contributed by atoms with Gasteiger partial charge in [0.25, 0.3) is 5.89 Å². The van der Waals surface area contributed by atoms with E-state index >= 15 is 0 Å². The van der Waals surface area contributed by atoms with Crippen molar-refractivity contribution < 1.29 is 4.52 Å². The first-order valence-corrected chi connectivity index (χ1v) is 8.13. The highest BCUT2D eigenvalue weighted by Gasteiger charge is 2.14. The van der Waals surface area contributed by atoms with E-state index in [4.69, 9.17) is 16.1 Å². The predicted octanol–water partition coefficient (Wildman–Crippen LogP) is 4.09. The van der Waals surface area contributed by atoms with Gasteiger partial charge in [0.1, 0.15) is 10.7 Å². The summed E-state index contributed by atoms with van der Waals surface area (Å²) in [6, 6.07) is 7.88. The van der Waals surface area contributed by atoms with Gasteiger partial charge in [-0.15, -0.1) is 23.7 Å². The largest absolute Gasteiger partial charge is 0.332 e. The van der Waals surface area contributed by atoms with Gasteiger partial charge in [-0.3, -0.25) is 0 Å². The molecule has 0 radical (unpaired) electrons. The van der Waals surface area contributed by atoms with Crippen molar-refractivity contribution >= 4 is 35.3 Å². The van der Waals surface area contributed by atoms with Crippen molar-refractivity contribution in [1.82, 2.24) is 20.4 Å². The third-order valence-corrected chi connectivity index (χ3v) is 4.41. The number of hydrogen-bond acceptors (Lipinski definition) is 6. The molecule has 0 aliphatic rings. The number of hydrogen-bond donors (Lipinski definition) is 1. The van der Waals surface area contributed by atoms with Gasteiger partial charge in [-0.05, 0) is 26.1 Å². The molecule has 1 aromatic carbocycles. The van der Waals surface area contributed by atoms with Crippen molar-refractivity contribution in [1.29, 1.82) is 0 Å². The number of nitrogens with one attached hydrogen (secondary N) is 1. The molecule has 0 bridgehead atoms. The van der Waals surface area contributed by atoms with Gasteiger partial charge in [0.2, 0.25) is 0 Å². The molecule has 0 spiro atoms. The number of likely N-dealkylation sites (N-methyl/N-ethyl adjacent to an activating group) is 1. The first-order chi connectivity index (χ1) is 10.7. The van der Waals surface area contributed by atoms with Gasteiger partial charge < -0.3 is 9.84 Å². The van der Waals surface area contributed by atoms with E-state index < -0.39 is 0 Å². The molecule has 1 N–H and O–H groups in total. The SMILES string of the molecule is CNC(C)Cc1noc(-c2csc(-c3ccc(Cl)cc3)n2)n1.Cl. The maximum absolute atomic E-state index is 5.90. The number of rotatable bonds is 5. The summed E-state index contributed by atoms with van der Waals surface area (Å²) >= 11 is 7.44. The fraction of sp³-hybridized carbons (Fsp3) is 0.267. The Kier molecular flexibility index (Phi) is 6.12.